The highest BCUT2D eigenvalue weighted by atomic mass is 32.1. The number of hydrogen-bond donors (Lipinski definition) is 6. The van der Waals surface area contributed by atoms with Crippen molar-refractivity contribution in [2.24, 2.45) is 5.92 Å². The van der Waals surface area contributed by atoms with Crippen LogP contribution in [0.3, 0.4) is 0 Å². The minimum atomic E-state index is -1.15. The third kappa shape index (κ3) is 5.15. The van der Waals surface area contributed by atoms with Crippen molar-refractivity contribution in [2.75, 3.05) is 17.2 Å². The Kier molecular flexibility index (Phi) is 6.86. The molecule has 200 valence electrons. The zero-order valence-corrected chi connectivity index (χ0v) is 22.5. The van der Waals surface area contributed by atoms with Gasteiger partial charge in [-0.2, -0.15) is 4.98 Å². The van der Waals surface area contributed by atoms with Gasteiger partial charge >= 0.3 is 0 Å². The van der Waals surface area contributed by atoms with Crippen LogP contribution in [0, 0.1) is 19.8 Å². The SMILES string of the molecule is Cc1nc(NCC2(O)CCCC2)nc(N[C@@H]2C[C@H](C(C)(C)O)[C@@H](O)[C@H]2O)c1-c1nc2c(C)nccc2s1. The summed E-state index contributed by atoms with van der Waals surface area (Å²) >= 11 is 1.51. The van der Waals surface area contributed by atoms with Crippen molar-refractivity contribution in [1.29, 1.82) is 0 Å². The van der Waals surface area contributed by atoms with E-state index in [1.807, 2.05) is 19.9 Å². The van der Waals surface area contributed by atoms with Crippen LogP contribution in [0.2, 0.25) is 0 Å². The first-order valence-corrected chi connectivity index (χ1v) is 13.7. The zero-order valence-electron chi connectivity index (χ0n) is 21.7. The van der Waals surface area contributed by atoms with Crippen molar-refractivity contribution in [3.8, 4) is 10.6 Å². The first-order valence-electron chi connectivity index (χ1n) is 12.9. The van der Waals surface area contributed by atoms with Gasteiger partial charge in [-0.25, -0.2) is 9.97 Å². The molecule has 0 aliphatic heterocycles. The predicted octanol–water partition coefficient (Wildman–Crippen LogP) is 2.78. The number of aliphatic hydroxyl groups is 4. The normalized spacial score (nSPS) is 25.6. The average molecular weight is 529 g/mol. The molecule has 0 amide bonds. The smallest absolute Gasteiger partial charge is 0.225 e. The molecule has 3 heterocycles. The number of aliphatic hydroxyl groups excluding tert-OH is 2. The van der Waals surface area contributed by atoms with Gasteiger partial charge in [-0.05, 0) is 53.0 Å². The second-order valence-corrected chi connectivity index (χ2v) is 12.2. The van der Waals surface area contributed by atoms with Gasteiger partial charge in [0.1, 0.15) is 22.4 Å². The molecule has 11 heteroatoms. The van der Waals surface area contributed by atoms with E-state index in [1.165, 1.54) is 11.3 Å². The van der Waals surface area contributed by atoms with Gasteiger partial charge < -0.3 is 31.1 Å². The molecule has 0 unspecified atom stereocenters. The number of rotatable bonds is 7. The van der Waals surface area contributed by atoms with Crippen molar-refractivity contribution in [2.45, 2.75) is 89.3 Å². The molecule has 0 spiro atoms. The monoisotopic (exact) mass is 528 g/mol. The molecule has 0 bridgehead atoms. The van der Waals surface area contributed by atoms with E-state index in [9.17, 15) is 20.4 Å². The fourth-order valence-corrected chi connectivity index (χ4v) is 6.72. The minimum Gasteiger partial charge on any atom is -0.390 e. The largest absolute Gasteiger partial charge is 0.390 e. The van der Waals surface area contributed by atoms with Gasteiger partial charge in [-0.3, -0.25) is 4.98 Å². The van der Waals surface area contributed by atoms with Gasteiger partial charge in [0.05, 0.1) is 45.0 Å². The van der Waals surface area contributed by atoms with Crippen LogP contribution in [0.25, 0.3) is 20.8 Å². The Morgan fingerprint density at radius 3 is 2.46 bits per heavy atom. The summed E-state index contributed by atoms with van der Waals surface area (Å²) in [6.45, 7) is 7.44. The number of nitrogens with zero attached hydrogens (tertiary/aromatic N) is 4. The Bertz CT molecular complexity index is 1290. The summed E-state index contributed by atoms with van der Waals surface area (Å²) in [5, 5.41) is 50.1. The topological polar surface area (TPSA) is 157 Å². The van der Waals surface area contributed by atoms with Crippen molar-refractivity contribution in [3.63, 3.8) is 0 Å². The summed E-state index contributed by atoms with van der Waals surface area (Å²) in [7, 11) is 0. The molecule has 4 atom stereocenters. The van der Waals surface area contributed by atoms with E-state index in [1.54, 1.807) is 20.0 Å². The predicted molar refractivity (Wildman–Crippen MR) is 144 cm³/mol. The maximum atomic E-state index is 10.8. The van der Waals surface area contributed by atoms with Crippen molar-refractivity contribution >= 4 is 33.3 Å². The zero-order chi connectivity index (χ0) is 26.5. The summed E-state index contributed by atoms with van der Waals surface area (Å²) < 4.78 is 0.997. The van der Waals surface area contributed by atoms with Gasteiger partial charge in [0.2, 0.25) is 5.95 Å². The van der Waals surface area contributed by atoms with Crippen molar-refractivity contribution in [3.05, 3.63) is 23.7 Å². The van der Waals surface area contributed by atoms with Crippen LogP contribution in [0.4, 0.5) is 11.8 Å². The molecule has 2 fully saturated rings. The highest BCUT2D eigenvalue weighted by molar-refractivity contribution is 7.21. The summed E-state index contributed by atoms with van der Waals surface area (Å²) in [5.74, 6) is 0.345. The molecule has 2 saturated carbocycles. The van der Waals surface area contributed by atoms with Crippen molar-refractivity contribution < 1.29 is 20.4 Å². The highest BCUT2D eigenvalue weighted by Gasteiger charge is 2.48. The van der Waals surface area contributed by atoms with E-state index in [0.717, 1.165) is 46.6 Å². The van der Waals surface area contributed by atoms with Crippen LogP contribution in [0.15, 0.2) is 12.3 Å². The van der Waals surface area contributed by atoms with Gasteiger partial charge in [0.25, 0.3) is 0 Å². The summed E-state index contributed by atoms with van der Waals surface area (Å²) in [6, 6.07) is 1.39. The molecule has 10 nitrogen and oxygen atoms in total. The number of fused-ring (bicyclic) bond motifs is 1. The number of pyridine rings is 1. The molecule has 5 rings (SSSR count). The number of nitrogens with one attached hydrogen (secondary N) is 2. The quantitative estimate of drug-likeness (QED) is 0.269. The fourth-order valence-electron chi connectivity index (χ4n) is 5.61. The van der Waals surface area contributed by atoms with E-state index in [0.29, 0.717) is 36.0 Å². The average Bonchev–Trinajstić information content (AvgIpc) is 3.52. The lowest BCUT2D eigenvalue weighted by Crippen LogP contribution is -2.40. The molecule has 2 aliphatic rings. The van der Waals surface area contributed by atoms with Crippen LogP contribution in [-0.2, 0) is 0 Å². The standard InChI is InChI=1S/C26H36N6O4S/c1-13-18(23-31-19-14(2)27-10-7-17(19)37-23)22(30-16-11-15(25(3,4)35)20(33)21(16)34)32-24(29-13)28-12-26(36)8-5-6-9-26/h7,10,15-16,20-21,33-36H,5-6,8-9,11-12H2,1-4H3,(H2,28,29,30,32)/t15-,16+,20+,21-/m0/s1. The Labute approximate surface area is 220 Å². The minimum absolute atomic E-state index is 0.350. The van der Waals surface area contributed by atoms with Crippen molar-refractivity contribution in [1.82, 2.24) is 19.9 Å². The second kappa shape index (κ2) is 9.70. The molecule has 6 N–H and O–H groups in total. The van der Waals surface area contributed by atoms with Gasteiger partial charge in [0.15, 0.2) is 0 Å². The number of anilines is 2. The van der Waals surface area contributed by atoms with Crippen LogP contribution in [0.5, 0.6) is 0 Å². The molecule has 37 heavy (non-hydrogen) atoms. The Morgan fingerprint density at radius 1 is 1.08 bits per heavy atom. The van der Waals surface area contributed by atoms with Crippen LogP contribution < -0.4 is 10.6 Å². The molecular weight excluding hydrogens is 492 g/mol. The summed E-state index contributed by atoms with van der Waals surface area (Å²) in [6.07, 6.45) is 3.44. The third-order valence-electron chi connectivity index (χ3n) is 7.82. The van der Waals surface area contributed by atoms with E-state index in [4.69, 9.17) is 9.97 Å². The Morgan fingerprint density at radius 2 is 1.81 bits per heavy atom. The molecular formula is C26H36N6O4S. The first kappa shape index (κ1) is 26.2. The van der Waals surface area contributed by atoms with Gasteiger partial charge in [-0.15, -0.1) is 11.3 Å². The molecule has 0 radical (unpaired) electrons. The van der Waals surface area contributed by atoms with E-state index < -0.39 is 35.4 Å². The number of hydrogen-bond acceptors (Lipinski definition) is 11. The maximum absolute atomic E-state index is 10.8. The molecule has 2 aliphatic carbocycles. The van der Waals surface area contributed by atoms with Crippen LogP contribution in [0.1, 0.15) is 57.3 Å². The lowest BCUT2D eigenvalue weighted by Gasteiger charge is -2.28. The van der Waals surface area contributed by atoms with E-state index in [2.05, 4.69) is 20.6 Å². The number of thiazole rings is 1. The summed E-state index contributed by atoms with van der Waals surface area (Å²) in [5.41, 5.74) is 1.12. The first-order chi connectivity index (χ1) is 17.4. The van der Waals surface area contributed by atoms with Gasteiger partial charge in [0, 0.05) is 18.7 Å². The molecule has 3 aromatic heterocycles. The molecule has 0 saturated heterocycles. The highest BCUT2D eigenvalue weighted by Crippen LogP contribution is 2.40. The number of aryl methyl sites for hydroxylation is 2. The Balaban J connectivity index is 1.52. The molecule has 0 aromatic carbocycles. The lowest BCUT2D eigenvalue weighted by molar-refractivity contribution is -0.0601. The summed E-state index contributed by atoms with van der Waals surface area (Å²) in [4.78, 5) is 18.6. The lowest BCUT2D eigenvalue weighted by atomic mass is 9.88. The Hall–Kier alpha value is -2.44. The van der Waals surface area contributed by atoms with Gasteiger partial charge in [-0.1, -0.05) is 12.8 Å². The van der Waals surface area contributed by atoms with E-state index in [-0.39, 0.29) is 0 Å². The fraction of sp³-hybridized carbons (Fsp3) is 0.615. The van der Waals surface area contributed by atoms with Crippen LogP contribution >= 0.6 is 11.3 Å². The molecule has 3 aromatic rings. The maximum Gasteiger partial charge on any atom is 0.225 e. The van der Waals surface area contributed by atoms with E-state index >= 15 is 0 Å². The third-order valence-corrected chi connectivity index (χ3v) is 8.85. The second-order valence-electron chi connectivity index (χ2n) is 11.1. The van der Waals surface area contributed by atoms with Crippen LogP contribution in [-0.4, -0.2) is 76.4 Å². The number of aromatic nitrogens is 4.